The molecule has 166 valence electrons. The van der Waals surface area contributed by atoms with E-state index >= 15 is 0 Å². The maximum atomic E-state index is 9.95. The van der Waals surface area contributed by atoms with E-state index in [2.05, 4.69) is 15.0 Å². The van der Waals surface area contributed by atoms with Crippen LogP contribution >= 0.6 is 15.6 Å². The number of aliphatic hydroxyl groups is 3. The number of ether oxygens (including phenoxy) is 1. The predicted octanol–water partition coefficient (Wildman–Crippen LogP) is -7.64. The number of nitrogen functional groups attached to an aromatic ring is 1. The summed E-state index contributed by atoms with van der Waals surface area (Å²) in [5, 5.41) is 28.7. The number of anilines is 1. The molecule has 0 spiro atoms. The van der Waals surface area contributed by atoms with Crippen LogP contribution < -0.4 is 35.1 Å². The zero-order chi connectivity index (χ0) is 22.6. The van der Waals surface area contributed by atoms with Crippen molar-refractivity contribution in [2.45, 2.75) is 24.5 Å². The predicted molar refractivity (Wildman–Crippen MR) is 78.0 cm³/mol. The van der Waals surface area contributed by atoms with E-state index < -0.39 is 46.8 Å². The first-order valence-electron chi connectivity index (χ1n) is 7.15. The van der Waals surface area contributed by atoms with Gasteiger partial charge in [0.05, 0.1) is 12.9 Å². The van der Waals surface area contributed by atoms with Gasteiger partial charge in [0.25, 0.3) is 0 Å². The summed E-state index contributed by atoms with van der Waals surface area (Å²) < 4.78 is 24.0. The number of hydrogen-bond acceptors (Lipinski definition) is 16. The molecule has 1 aliphatic rings. The first kappa shape index (κ1) is 36.8. The van der Waals surface area contributed by atoms with Gasteiger partial charge in [0.1, 0.15) is 30.2 Å². The first-order chi connectivity index (χ1) is 13.1. The second-order valence-electron chi connectivity index (χ2n) is 5.21. The molecular weight excluding hydrogens is 640 g/mol. The Kier molecular flexibility index (Phi) is 17.6. The Morgan fingerprint density at radius 1 is 0.969 bits per heavy atom. The second kappa shape index (κ2) is 15.3. The summed E-state index contributed by atoms with van der Waals surface area (Å²) in [6, 6.07) is 0. The summed E-state index contributed by atoms with van der Waals surface area (Å²) >= 11 is 0. The first-order valence-corrected chi connectivity index (χ1v) is 10.1. The molecule has 0 amide bonds. The van der Waals surface area contributed by atoms with Gasteiger partial charge in [-0.1, -0.05) is 0 Å². The number of fused-ring (bicyclic) bond motifs is 1. The third-order valence-electron chi connectivity index (χ3n) is 3.18. The molecule has 17 nitrogen and oxygen atoms in total. The van der Waals surface area contributed by atoms with Gasteiger partial charge in [0.15, 0.2) is 17.7 Å². The third-order valence-corrected chi connectivity index (χ3v) is 3.18. The van der Waals surface area contributed by atoms with Crippen molar-refractivity contribution in [3.8, 4) is 0 Å². The van der Waals surface area contributed by atoms with Crippen LogP contribution in [-0.2, 0) is 72.3 Å². The van der Waals surface area contributed by atoms with Gasteiger partial charge in [0, 0.05) is 0 Å². The van der Waals surface area contributed by atoms with Crippen LogP contribution in [0.5, 0.6) is 0 Å². The van der Waals surface area contributed by atoms with E-state index in [1.165, 1.54) is 17.2 Å². The minimum Gasteiger partial charge on any atom is -0.822 e. The molecule has 4 atom stereocenters. The van der Waals surface area contributed by atoms with Crippen LogP contribution in [0.25, 0.3) is 11.2 Å². The van der Waals surface area contributed by atoms with Crippen molar-refractivity contribution in [1.29, 1.82) is 0 Å². The van der Waals surface area contributed by atoms with E-state index in [9.17, 15) is 10.2 Å². The summed E-state index contributed by atoms with van der Waals surface area (Å²) in [5.41, 5.74) is 6.44. The van der Waals surface area contributed by atoms with Gasteiger partial charge in [0.2, 0.25) is 0 Å². The molecule has 1 fully saturated rings. The summed E-state index contributed by atoms with van der Waals surface area (Å²) in [7, 11) is -10.8. The smallest absolute Gasteiger partial charge is 0.822 e. The number of nitrogens with zero attached hydrogens (tertiary/aromatic N) is 4. The van der Waals surface area contributed by atoms with Crippen molar-refractivity contribution in [2.75, 3.05) is 12.3 Å². The summed E-state index contributed by atoms with van der Waals surface area (Å²) in [4.78, 5) is 63.2. The van der Waals surface area contributed by atoms with Gasteiger partial charge in [-0.05, 0) is 0 Å². The Hall–Kier alpha value is 0.280. The average Bonchev–Trinajstić information content (AvgIpc) is 3.08. The van der Waals surface area contributed by atoms with Crippen LogP contribution in [0.3, 0.4) is 0 Å². The Labute approximate surface area is 217 Å². The number of hydrogen-bond donors (Lipinski definition) is 4. The number of aromatic nitrogens is 4. The number of nitrogens with two attached hydrogens (primary N) is 1. The molecule has 0 radical (unpaired) electrons. The molecule has 0 unspecified atom stereocenters. The van der Waals surface area contributed by atoms with Gasteiger partial charge in [-0.15, -0.1) is 0 Å². The standard InChI is InChI=1S/C10H13N5O4.2H3O4P.3Zn/c11-8-5-9(13-2-12-8)15(3-14-5)10-7(18)6(17)4(1-16)19-10;2*1-5(2,3)4;;;/h2-4,6-7,10,16-18H,1H2,(H2,11,12,13);2*(H3,1,2,3,4);;;/q;;;3*+2/p-6/t4-,6-,7-,10-;;;;;/m1...../s1. The quantitative estimate of drug-likeness (QED) is 0.173. The molecule has 2 aromatic rings. The molecule has 2 aromatic heterocycles. The Morgan fingerprint density at radius 3 is 1.84 bits per heavy atom. The van der Waals surface area contributed by atoms with Gasteiger partial charge in [-0.25, -0.2) is 15.0 Å². The molecular formula is C10H13N5O12P2Zn3. The van der Waals surface area contributed by atoms with Crippen LogP contribution in [0.4, 0.5) is 5.82 Å². The molecule has 1 aliphatic heterocycles. The van der Waals surface area contributed by atoms with E-state index in [1.54, 1.807) is 0 Å². The maximum absolute atomic E-state index is 9.95. The van der Waals surface area contributed by atoms with E-state index in [1.807, 2.05) is 0 Å². The van der Waals surface area contributed by atoms with Gasteiger partial charge in [-0.2, -0.15) is 15.6 Å². The van der Waals surface area contributed by atoms with Crippen molar-refractivity contribution >= 4 is 32.6 Å². The zero-order valence-corrected chi connectivity index (χ0v) is 26.8. The van der Waals surface area contributed by atoms with Crippen LogP contribution in [0.15, 0.2) is 12.7 Å². The van der Waals surface area contributed by atoms with Crippen LogP contribution in [0.1, 0.15) is 6.23 Å². The van der Waals surface area contributed by atoms with Gasteiger partial charge < -0.3 is 64.3 Å². The molecule has 32 heavy (non-hydrogen) atoms. The summed E-state index contributed by atoms with van der Waals surface area (Å²) in [6.45, 7) is -0.390. The molecule has 3 rings (SSSR count). The van der Waals surface area contributed by atoms with Crippen molar-refractivity contribution in [3.63, 3.8) is 0 Å². The average molecular weight is 653 g/mol. The number of aliphatic hydroxyl groups excluding tert-OH is 3. The topological polar surface area (TPSA) is 312 Å². The monoisotopic (exact) mass is 649 g/mol. The zero-order valence-electron chi connectivity index (χ0n) is 16.1. The van der Waals surface area contributed by atoms with Crippen LogP contribution in [0.2, 0.25) is 0 Å². The molecule has 0 aliphatic carbocycles. The Morgan fingerprint density at radius 2 is 1.44 bits per heavy atom. The summed E-state index contributed by atoms with van der Waals surface area (Å²) in [6.07, 6.45) is -1.42. The fourth-order valence-corrected chi connectivity index (χ4v) is 2.17. The Balaban J connectivity index is -0.000000554. The second-order valence-corrected chi connectivity index (χ2v) is 7.00. The fraction of sp³-hybridized carbons (Fsp3) is 0.500. The van der Waals surface area contributed by atoms with E-state index in [0.717, 1.165) is 0 Å². The molecule has 1 saturated heterocycles. The number of rotatable bonds is 2. The SMILES string of the molecule is Nc1ncnc2c1ncn2[C@@H]1O[C@H](CO)[C@@H](O)[C@H]1O.O=P([O-])([O-])[O-].O=P([O-])([O-])[O-].[Zn+2].[Zn+2].[Zn+2]. The molecule has 5 N–H and O–H groups in total. The van der Waals surface area contributed by atoms with Crippen molar-refractivity contribution in [3.05, 3.63) is 12.7 Å². The molecule has 22 heteroatoms. The van der Waals surface area contributed by atoms with Crippen molar-refractivity contribution in [1.82, 2.24) is 19.5 Å². The summed E-state index contributed by atoms with van der Waals surface area (Å²) in [5.74, 6) is 0.218. The van der Waals surface area contributed by atoms with Crippen molar-refractivity contribution in [2.24, 2.45) is 0 Å². The molecule has 0 saturated carbocycles. The van der Waals surface area contributed by atoms with E-state index in [-0.39, 0.29) is 64.3 Å². The minimum atomic E-state index is -5.39. The fourth-order valence-electron chi connectivity index (χ4n) is 2.17. The van der Waals surface area contributed by atoms with Crippen molar-refractivity contribution < 1.29 is 117 Å². The van der Waals surface area contributed by atoms with Crippen LogP contribution in [0, 0.1) is 0 Å². The van der Waals surface area contributed by atoms with E-state index in [4.69, 9.17) is 54.1 Å². The minimum absolute atomic E-state index is 0. The largest absolute Gasteiger partial charge is 2.00 e. The molecule has 3 heterocycles. The van der Waals surface area contributed by atoms with Gasteiger partial charge in [-0.3, -0.25) is 4.57 Å². The Bertz CT molecular complexity index is 876. The normalized spacial score (nSPS) is 22.2. The maximum Gasteiger partial charge on any atom is 2.00 e. The van der Waals surface area contributed by atoms with E-state index in [0.29, 0.717) is 11.2 Å². The number of imidazole rings is 1. The van der Waals surface area contributed by atoms with Crippen LogP contribution in [-0.4, -0.2) is 59.8 Å². The van der Waals surface area contributed by atoms with Gasteiger partial charge >= 0.3 is 58.4 Å². The molecule has 0 aromatic carbocycles. The third kappa shape index (κ3) is 12.7. The number of phosphoric acid groups is 2. The molecule has 0 bridgehead atoms.